The van der Waals surface area contributed by atoms with Gasteiger partial charge in [0.1, 0.15) is 0 Å². The van der Waals surface area contributed by atoms with E-state index in [2.05, 4.69) is 76.4 Å². The lowest BCUT2D eigenvalue weighted by molar-refractivity contribution is 0.112. The topological polar surface area (TPSA) is 22.0 Å². The molecule has 0 saturated carbocycles. The Bertz CT molecular complexity index is 1460. The van der Waals surface area contributed by atoms with Gasteiger partial charge in [0.15, 0.2) is 6.29 Å². The molecule has 0 unspecified atom stereocenters. The molecule has 0 saturated heterocycles. The zero-order valence-corrected chi connectivity index (χ0v) is 20.3. The van der Waals surface area contributed by atoms with Crippen LogP contribution in [-0.4, -0.2) is 10.9 Å². The van der Waals surface area contributed by atoms with E-state index < -0.39 is 0 Å². The summed E-state index contributed by atoms with van der Waals surface area (Å²) >= 11 is 3.44. The largest absolute Gasteiger partial charge is 0.307 e. The molecular formula is C27H25NOS2. The van der Waals surface area contributed by atoms with Crippen LogP contribution in [0, 0.1) is 41.5 Å². The molecule has 31 heavy (non-hydrogen) atoms. The number of hydrogen-bond donors (Lipinski definition) is 0. The Morgan fingerprint density at radius 2 is 1.19 bits per heavy atom. The molecule has 0 aliphatic carbocycles. The number of aryl methyl sites for hydroxylation is 6. The van der Waals surface area contributed by atoms with Gasteiger partial charge in [-0.05, 0) is 81.5 Å². The summed E-state index contributed by atoms with van der Waals surface area (Å²) in [4.78, 5) is 13.7. The van der Waals surface area contributed by atoms with E-state index in [0.717, 1.165) is 16.7 Å². The number of aldehydes is 1. The third-order valence-corrected chi connectivity index (χ3v) is 8.39. The monoisotopic (exact) mass is 443 g/mol. The van der Waals surface area contributed by atoms with Crippen molar-refractivity contribution in [2.24, 2.45) is 0 Å². The Kier molecular flexibility index (Phi) is 4.68. The lowest BCUT2D eigenvalue weighted by Gasteiger charge is -2.14. The molecule has 2 nitrogen and oxygen atoms in total. The smallest absolute Gasteiger partial charge is 0.160 e. The van der Waals surface area contributed by atoms with Gasteiger partial charge in [-0.25, -0.2) is 0 Å². The molecule has 0 aliphatic heterocycles. The van der Waals surface area contributed by atoms with Gasteiger partial charge in [0, 0.05) is 4.88 Å². The van der Waals surface area contributed by atoms with E-state index in [1.165, 1.54) is 64.4 Å². The van der Waals surface area contributed by atoms with Crippen LogP contribution in [0.4, 0.5) is 0 Å². The molecule has 156 valence electrons. The van der Waals surface area contributed by atoms with E-state index in [1.54, 1.807) is 11.3 Å². The average Bonchev–Trinajstić information content (AvgIpc) is 3.32. The van der Waals surface area contributed by atoms with E-state index in [-0.39, 0.29) is 0 Å². The number of benzene rings is 2. The molecule has 5 aromatic rings. The molecule has 0 bridgehead atoms. The van der Waals surface area contributed by atoms with Crippen LogP contribution in [0.25, 0.3) is 36.6 Å². The number of nitrogens with zero attached hydrogens (tertiary/aromatic N) is 1. The molecule has 0 fully saturated rings. The number of hydrogen-bond acceptors (Lipinski definition) is 3. The fourth-order valence-corrected chi connectivity index (χ4v) is 7.51. The predicted octanol–water partition coefficient (Wildman–Crippen LogP) is 8.24. The minimum absolute atomic E-state index is 0.778. The summed E-state index contributed by atoms with van der Waals surface area (Å²) in [5, 5.41) is 0. The summed E-state index contributed by atoms with van der Waals surface area (Å²) in [5.41, 5.74) is 12.6. The second kappa shape index (κ2) is 7.18. The molecule has 0 N–H and O–H groups in total. The highest BCUT2D eigenvalue weighted by Crippen LogP contribution is 2.46. The highest BCUT2D eigenvalue weighted by molar-refractivity contribution is 7.29. The van der Waals surface area contributed by atoms with Crippen molar-refractivity contribution in [1.29, 1.82) is 0 Å². The fraction of sp³-hybridized carbons (Fsp3) is 0.222. The first kappa shape index (κ1) is 20.2. The number of aromatic nitrogens is 1. The summed E-state index contributed by atoms with van der Waals surface area (Å²) in [6, 6.07) is 13.4. The van der Waals surface area contributed by atoms with Crippen LogP contribution in [0.15, 0.2) is 36.4 Å². The van der Waals surface area contributed by atoms with E-state index in [0.29, 0.717) is 0 Å². The average molecular weight is 444 g/mol. The highest BCUT2D eigenvalue weighted by atomic mass is 32.1. The van der Waals surface area contributed by atoms with Gasteiger partial charge in [-0.3, -0.25) is 4.79 Å². The highest BCUT2D eigenvalue weighted by Gasteiger charge is 2.22. The minimum atomic E-state index is 0.778. The van der Waals surface area contributed by atoms with Crippen molar-refractivity contribution in [3.05, 3.63) is 74.7 Å². The van der Waals surface area contributed by atoms with E-state index in [4.69, 9.17) is 0 Å². The molecule has 3 aromatic heterocycles. The molecule has 0 aliphatic rings. The first-order valence-electron chi connectivity index (χ1n) is 10.5. The summed E-state index contributed by atoms with van der Waals surface area (Å²) in [6.45, 7) is 13.1. The van der Waals surface area contributed by atoms with E-state index in [9.17, 15) is 4.79 Å². The third-order valence-electron chi connectivity index (χ3n) is 6.03. The molecular weight excluding hydrogens is 418 g/mol. The van der Waals surface area contributed by atoms with Crippen LogP contribution in [-0.2, 0) is 0 Å². The summed E-state index contributed by atoms with van der Waals surface area (Å²) in [6.07, 6.45) is 0.971. The second-order valence-corrected chi connectivity index (χ2v) is 10.8. The molecule has 0 amide bonds. The number of thiophene rings is 2. The van der Waals surface area contributed by atoms with Crippen LogP contribution in [0.5, 0.6) is 0 Å². The zero-order chi connectivity index (χ0) is 22.0. The Morgan fingerprint density at radius 3 is 1.77 bits per heavy atom. The molecule has 0 atom stereocenters. The third kappa shape index (κ3) is 3.08. The van der Waals surface area contributed by atoms with E-state index in [1.807, 2.05) is 17.4 Å². The number of carbonyl (C=O) groups excluding carboxylic acids is 1. The number of fused-ring (bicyclic) bond motifs is 3. The molecule has 0 spiro atoms. The lowest BCUT2D eigenvalue weighted by atomic mass is 9.98. The van der Waals surface area contributed by atoms with Crippen molar-refractivity contribution < 1.29 is 4.79 Å². The molecule has 3 heterocycles. The Balaban J connectivity index is 1.89. The fourth-order valence-electron chi connectivity index (χ4n) is 5.08. The van der Waals surface area contributed by atoms with Gasteiger partial charge in [0.25, 0.3) is 0 Å². The molecule has 5 rings (SSSR count). The van der Waals surface area contributed by atoms with Gasteiger partial charge in [-0.1, -0.05) is 35.4 Å². The van der Waals surface area contributed by atoms with Gasteiger partial charge in [0.05, 0.1) is 31.0 Å². The maximum atomic E-state index is 11.6. The van der Waals surface area contributed by atoms with Crippen molar-refractivity contribution in [2.75, 3.05) is 0 Å². The van der Waals surface area contributed by atoms with Crippen LogP contribution >= 0.6 is 22.7 Å². The summed E-state index contributed by atoms with van der Waals surface area (Å²) in [5.74, 6) is 0. The van der Waals surface area contributed by atoms with E-state index >= 15 is 0 Å². The number of carbonyl (C=O) groups is 1. The standard InChI is InChI=1S/C27H25NOS2/c1-14-7-16(3)24(17(4)8-14)23-12-22-27(31-23)26-21(11-20(13-29)30-26)28(22)25-18(5)9-15(2)10-19(25)6/h7-13H,1-6H3. The predicted molar refractivity (Wildman–Crippen MR) is 136 cm³/mol. The van der Waals surface area contributed by atoms with Crippen molar-refractivity contribution >= 4 is 49.4 Å². The van der Waals surface area contributed by atoms with Gasteiger partial charge in [-0.15, -0.1) is 22.7 Å². The van der Waals surface area contributed by atoms with Crippen molar-refractivity contribution in [1.82, 2.24) is 4.57 Å². The Hall–Kier alpha value is -2.69. The molecule has 4 heteroatoms. The maximum absolute atomic E-state index is 11.6. The van der Waals surface area contributed by atoms with Crippen LogP contribution in [0.3, 0.4) is 0 Å². The van der Waals surface area contributed by atoms with Crippen LogP contribution in [0.2, 0.25) is 0 Å². The van der Waals surface area contributed by atoms with Crippen molar-refractivity contribution in [2.45, 2.75) is 41.5 Å². The van der Waals surface area contributed by atoms with Crippen molar-refractivity contribution in [3.8, 4) is 16.1 Å². The SMILES string of the molecule is Cc1cc(C)c(-c2cc3c(s2)c2sc(C=O)cc2n3-c2c(C)cc(C)cc2C)c(C)c1. The van der Waals surface area contributed by atoms with Gasteiger partial charge >= 0.3 is 0 Å². The van der Waals surface area contributed by atoms with Crippen LogP contribution < -0.4 is 0 Å². The second-order valence-electron chi connectivity index (χ2n) is 8.66. The van der Waals surface area contributed by atoms with Crippen molar-refractivity contribution in [3.63, 3.8) is 0 Å². The zero-order valence-electron chi connectivity index (χ0n) is 18.7. The molecule has 2 aromatic carbocycles. The van der Waals surface area contributed by atoms with Crippen LogP contribution in [0.1, 0.15) is 43.1 Å². The first-order chi connectivity index (χ1) is 14.8. The summed E-state index contributed by atoms with van der Waals surface area (Å²) < 4.78 is 4.84. The quantitative estimate of drug-likeness (QED) is 0.257. The maximum Gasteiger partial charge on any atom is 0.160 e. The molecule has 0 radical (unpaired) electrons. The Morgan fingerprint density at radius 1 is 0.677 bits per heavy atom. The summed E-state index contributed by atoms with van der Waals surface area (Å²) in [7, 11) is 0. The lowest BCUT2D eigenvalue weighted by Crippen LogP contribution is -2.00. The number of rotatable bonds is 3. The first-order valence-corrected chi connectivity index (χ1v) is 12.1. The Labute approximate surface area is 190 Å². The van der Waals surface area contributed by atoms with Gasteiger partial charge in [0.2, 0.25) is 0 Å². The minimum Gasteiger partial charge on any atom is -0.307 e. The van der Waals surface area contributed by atoms with Gasteiger partial charge < -0.3 is 4.57 Å². The van der Waals surface area contributed by atoms with Gasteiger partial charge in [-0.2, -0.15) is 0 Å². The normalized spacial score (nSPS) is 11.7.